The van der Waals surface area contributed by atoms with E-state index >= 15 is 0 Å². The molecule has 0 atom stereocenters. The number of benzene rings is 1. The molecule has 1 aromatic carbocycles. The highest BCUT2D eigenvalue weighted by Crippen LogP contribution is 2.36. The normalized spacial score (nSPS) is 18.6. The van der Waals surface area contributed by atoms with Gasteiger partial charge in [-0.1, -0.05) is 19.9 Å². The minimum absolute atomic E-state index is 0.249. The van der Waals surface area contributed by atoms with Gasteiger partial charge in [0, 0.05) is 11.7 Å². The van der Waals surface area contributed by atoms with E-state index in [1.54, 1.807) is 6.07 Å². The first-order chi connectivity index (χ1) is 9.50. The summed E-state index contributed by atoms with van der Waals surface area (Å²) in [5.74, 6) is -0.249. The molecule has 0 amide bonds. The van der Waals surface area contributed by atoms with Gasteiger partial charge in [0.15, 0.2) is 0 Å². The topological polar surface area (TPSA) is 38.3 Å². The second kappa shape index (κ2) is 6.29. The first-order valence-corrected chi connectivity index (χ1v) is 7.54. The molecule has 1 aromatic rings. The van der Waals surface area contributed by atoms with Crippen LogP contribution in [0.5, 0.6) is 0 Å². The van der Waals surface area contributed by atoms with E-state index in [0.29, 0.717) is 23.6 Å². The molecule has 3 nitrogen and oxygen atoms in total. The Labute approximate surface area is 121 Å². The van der Waals surface area contributed by atoms with Crippen LogP contribution in [0.25, 0.3) is 0 Å². The lowest BCUT2D eigenvalue weighted by Gasteiger charge is -2.35. The van der Waals surface area contributed by atoms with E-state index in [4.69, 9.17) is 4.74 Å². The summed E-state index contributed by atoms with van der Waals surface area (Å²) < 4.78 is 5.03. The Morgan fingerprint density at radius 3 is 2.70 bits per heavy atom. The van der Waals surface area contributed by atoms with Gasteiger partial charge in [0.2, 0.25) is 0 Å². The maximum absolute atomic E-state index is 11.7. The minimum atomic E-state index is -0.249. The number of anilines is 1. The number of hydrogen-bond donors (Lipinski definition) is 1. The third kappa shape index (κ3) is 3.99. The van der Waals surface area contributed by atoms with Crippen LogP contribution in [0, 0.1) is 5.41 Å². The molecule has 1 aliphatic carbocycles. The van der Waals surface area contributed by atoms with Crippen molar-refractivity contribution < 1.29 is 9.53 Å². The highest BCUT2D eigenvalue weighted by molar-refractivity contribution is 5.90. The lowest BCUT2D eigenvalue weighted by Crippen LogP contribution is -2.29. The van der Waals surface area contributed by atoms with E-state index in [0.717, 1.165) is 5.69 Å². The van der Waals surface area contributed by atoms with Crippen LogP contribution in [0.2, 0.25) is 0 Å². The number of carbonyl (C=O) groups excluding carboxylic acids is 1. The fourth-order valence-corrected chi connectivity index (χ4v) is 2.73. The summed E-state index contributed by atoms with van der Waals surface area (Å²) in [7, 11) is 0. The van der Waals surface area contributed by atoms with E-state index in [-0.39, 0.29) is 5.97 Å². The Hall–Kier alpha value is -1.51. The van der Waals surface area contributed by atoms with Crippen LogP contribution < -0.4 is 5.32 Å². The van der Waals surface area contributed by atoms with Gasteiger partial charge in [-0.2, -0.15) is 0 Å². The zero-order valence-electron chi connectivity index (χ0n) is 12.7. The molecule has 0 spiro atoms. The number of carbonyl (C=O) groups is 1. The number of hydrogen-bond acceptors (Lipinski definition) is 3. The summed E-state index contributed by atoms with van der Waals surface area (Å²) in [6, 6.07) is 8.12. The van der Waals surface area contributed by atoms with E-state index < -0.39 is 0 Å². The molecule has 0 bridgehead atoms. The standard InChI is InChI=1S/C17H25NO2/c1-4-20-16(19)13-6-5-7-15(12-13)18-14-8-10-17(2,3)11-9-14/h5-7,12,14,18H,4,8-11H2,1-3H3. The highest BCUT2D eigenvalue weighted by atomic mass is 16.5. The van der Waals surface area contributed by atoms with Gasteiger partial charge in [0.25, 0.3) is 0 Å². The quantitative estimate of drug-likeness (QED) is 0.835. The molecule has 0 unspecified atom stereocenters. The van der Waals surface area contributed by atoms with E-state index in [9.17, 15) is 4.79 Å². The average Bonchev–Trinajstić information content (AvgIpc) is 2.42. The molecule has 1 fully saturated rings. The number of ether oxygens (including phenoxy) is 1. The third-order valence-electron chi connectivity index (χ3n) is 4.08. The van der Waals surface area contributed by atoms with Crippen LogP contribution in [0.15, 0.2) is 24.3 Å². The largest absolute Gasteiger partial charge is 0.462 e. The summed E-state index contributed by atoms with van der Waals surface area (Å²) in [6.07, 6.45) is 4.89. The Balaban J connectivity index is 1.96. The third-order valence-corrected chi connectivity index (χ3v) is 4.08. The van der Waals surface area contributed by atoms with Crippen molar-refractivity contribution in [3.05, 3.63) is 29.8 Å². The lowest BCUT2D eigenvalue weighted by atomic mass is 9.75. The molecule has 110 valence electrons. The van der Waals surface area contributed by atoms with Crippen molar-refractivity contribution in [3.63, 3.8) is 0 Å². The smallest absolute Gasteiger partial charge is 0.338 e. The second-order valence-electron chi connectivity index (χ2n) is 6.38. The van der Waals surface area contributed by atoms with Crippen molar-refractivity contribution in [2.24, 2.45) is 5.41 Å². The first-order valence-electron chi connectivity index (χ1n) is 7.54. The molecule has 0 radical (unpaired) electrons. The van der Waals surface area contributed by atoms with Gasteiger partial charge in [-0.25, -0.2) is 4.79 Å². The Kier molecular flexibility index (Phi) is 4.69. The molecular weight excluding hydrogens is 250 g/mol. The van der Waals surface area contributed by atoms with Crippen molar-refractivity contribution in [2.45, 2.75) is 52.5 Å². The van der Waals surface area contributed by atoms with Crippen molar-refractivity contribution in [3.8, 4) is 0 Å². The number of rotatable bonds is 4. The van der Waals surface area contributed by atoms with Crippen molar-refractivity contribution >= 4 is 11.7 Å². The van der Waals surface area contributed by atoms with E-state index in [1.165, 1.54) is 25.7 Å². The van der Waals surface area contributed by atoms with Crippen LogP contribution >= 0.6 is 0 Å². The fraction of sp³-hybridized carbons (Fsp3) is 0.588. The maximum atomic E-state index is 11.7. The van der Waals surface area contributed by atoms with E-state index in [1.807, 2.05) is 25.1 Å². The monoisotopic (exact) mass is 275 g/mol. The molecule has 0 saturated heterocycles. The van der Waals surface area contributed by atoms with Gasteiger partial charge in [0.1, 0.15) is 0 Å². The Morgan fingerprint density at radius 2 is 2.05 bits per heavy atom. The zero-order chi connectivity index (χ0) is 14.6. The Bertz CT molecular complexity index is 458. The van der Waals surface area contributed by atoms with E-state index in [2.05, 4.69) is 19.2 Å². The molecule has 0 aromatic heterocycles. The Morgan fingerprint density at radius 1 is 1.35 bits per heavy atom. The maximum Gasteiger partial charge on any atom is 0.338 e. The number of esters is 1. The van der Waals surface area contributed by atoms with Crippen molar-refractivity contribution in [1.29, 1.82) is 0 Å². The van der Waals surface area contributed by atoms with Gasteiger partial charge in [-0.3, -0.25) is 0 Å². The zero-order valence-corrected chi connectivity index (χ0v) is 12.7. The molecule has 3 heteroatoms. The molecule has 20 heavy (non-hydrogen) atoms. The van der Waals surface area contributed by atoms with Gasteiger partial charge >= 0.3 is 5.97 Å². The summed E-state index contributed by atoms with van der Waals surface area (Å²) >= 11 is 0. The van der Waals surface area contributed by atoms with Gasteiger partial charge in [0.05, 0.1) is 12.2 Å². The molecular formula is C17H25NO2. The predicted octanol–water partition coefficient (Wildman–Crippen LogP) is 4.24. The van der Waals surface area contributed by atoms with Crippen LogP contribution in [-0.4, -0.2) is 18.6 Å². The summed E-state index contributed by atoms with van der Waals surface area (Å²) in [5.41, 5.74) is 2.11. The van der Waals surface area contributed by atoms with Crippen LogP contribution in [0.1, 0.15) is 56.8 Å². The summed E-state index contributed by atoms with van der Waals surface area (Å²) in [4.78, 5) is 11.7. The predicted molar refractivity (Wildman–Crippen MR) is 82.1 cm³/mol. The van der Waals surface area contributed by atoms with Crippen molar-refractivity contribution in [1.82, 2.24) is 0 Å². The SMILES string of the molecule is CCOC(=O)c1cccc(NC2CCC(C)(C)CC2)c1. The van der Waals surface area contributed by atoms with Gasteiger partial charge < -0.3 is 10.1 Å². The molecule has 2 rings (SSSR count). The molecule has 1 aliphatic rings. The lowest BCUT2D eigenvalue weighted by molar-refractivity contribution is 0.0526. The molecule has 1 saturated carbocycles. The van der Waals surface area contributed by atoms with Crippen LogP contribution in [-0.2, 0) is 4.74 Å². The molecule has 0 heterocycles. The summed E-state index contributed by atoms with van der Waals surface area (Å²) in [6.45, 7) is 6.91. The fourth-order valence-electron chi connectivity index (χ4n) is 2.73. The molecule has 1 N–H and O–H groups in total. The van der Waals surface area contributed by atoms with Gasteiger partial charge in [-0.05, 0) is 56.2 Å². The van der Waals surface area contributed by atoms with Crippen molar-refractivity contribution in [2.75, 3.05) is 11.9 Å². The second-order valence-corrected chi connectivity index (χ2v) is 6.38. The summed E-state index contributed by atoms with van der Waals surface area (Å²) in [5, 5.41) is 3.55. The van der Waals surface area contributed by atoms with Crippen LogP contribution in [0.3, 0.4) is 0 Å². The highest BCUT2D eigenvalue weighted by Gasteiger charge is 2.26. The number of nitrogens with one attached hydrogen (secondary N) is 1. The molecule has 0 aliphatic heterocycles. The van der Waals surface area contributed by atoms with Crippen LogP contribution in [0.4, 0.5) is 5.69 Å². The van der Waals surface area contributed by atoms with Gasteiger partial charge in [-0.15, -0.1) is 0 Å². The minimum Gasteiger partial charge on any atom is -0.462 e. The average molecular weight is 275 g/mol. The first kappa shape index (κ1) is 14.9.